The lowest BCUT2D eigenvalue weighted by Gasteiger charge is -2.32. The van der Waals surface area contributed by atoms with Crippen LogP contribution < -0.4 is 4.57 Å². The Morgan fingerprint density at radius 1 is 0.727 bits per heavy atom. The van der Waals surface area contributed by atoms with Gasteiger partial charge in [-0.2, -0.15) is 9.13 Å². The van der Waals surface area contributed by atoms with Crippen molar-refractivity contribution in [2.24, 2.45) is 4.99 Å². The summed E-state index contributed by atoms with van der Waals surface area (Å²) in [5.74, 6) is 1.78. The number of imidazole rings is 1. The zero-order chi connectivity index (χ0) is 45.1. The van der Waals surface area contributed by atoms with Gasteiger partial charge in [0.1, 0.15) is 22.5 Å². The summed E-state index contributed by atoms with van der Waals surface area (Å²) < 4.78 is 12.4. The third-order valence-electron chi connectivity index (χ3n) is 14.2. The van der Waals surface area contributed by atoms with E-state index >= 15 is 0 Å². The molecule has 4 heterocycles. The summed E-state index contributed by atoms with van der Waals surface area (Å²) in [6.45, 7) is 16.7. The molecule has 11 rings (SSSR count). The number of nitrogens with zero attached hydrogens (tertiary/aromatic N) is 3. The average Bonchev–Trinajstić information content (AvgIpc) is 3.89. The molecule has 2 aliphatic heterocycles. The first-order valence-electron chi connectivity index (χ1n) is 24.1. The van der Waals surface area contributed by atoms with E-state index in [1.54, 1.807) is 0 Å². The van der Waals surface area contributed by atoms with Gasteiger partial charge >= 0.3 is 5.82 Å². The van der Waals surface area contributed by atoms with Crippen LogP contribution in [0, 0.1) is 0 Å². The summed E-state index contributed by atoms with van der Waals surface area (Å²) in [7, 11) is 0. The molecule has 0 saturated heterocycles. The van der Waals surface area contributed by atoms with E-state index in [-0.39, 0.29) is 23.8 Å². The van der Waals surface area contributed by atoms with Gasteiger partial charge in [0.25, 0.3) is 0 Å². The maximum atomic E-state index is 7.33. The Morgan fingerprint density at radius 2 is 1.39 bits per heavy atom. The Bertz CT molecular complexity index is 3350. The van der Waals surface area contributed by atoms with E-state index < -0.39 is 0 Å². The van der Waals surface area contributed by atoms with Crippen molar-refractivity contribution in [1.82, 2.24) is 4.57 Å². The van der Waals surface area contributed by atoms with E-state index in [2.05, 4.69) is 208 Å². The van der Waals surface area contributed by atoms with Gasteiger partial charge in [-0.3, -0.25) is 4.99 Å². The molecule has 0 bridgehead atoms. The molecule has 0 saturated carbocycles. The molecule has 2 atom stereocenters. The maximum absolute atomic E-state index is 7.33. The van der Waals surface area contributed by atoms with Crippen molar-refractivity contribution in [3.05, 3.63) is 198 Å². The van der Waals surface area contributed by atoms with Gasteiger partial charge in [-0.1, -0.05) is 169 Å². The number of furan rings is 1. The standard InChI is InChI=1S/C62H58N3O/c1-7-8-11-26-54-48-25-17-16-24-47(48)49-32-29-44-30-34-51-50-33-31-45(42-20-12-9-13-21-42)38-58(50)66-61(51)59(44)62-64(41(6)35-55(49)63-54)56-27-18-19-28-57(56)65(62)60-52(39(2)3)36-46(37-53(60)40(4)5)43-22-14-10-15-23-43/h9-28,30-31,33-34,36-40,49,55H,6-8,29,32,35H2,1-5H3/q+1/b26-11-. The highest BCUT2D eigenvalue weighted by Gasteiger charge is 2.40. The average molecular weight is 861 g/mol. The fourth-order valence-corrected chi connectivity index (χ4v) is 11.0. The van der Waals surface area contributed by atoms with Crippen LogP contribution in [-0.2, 0) is 6.42 Å². The number of unbranched alkanes of at least 4 members (excludes halogenated alkanes) is 1. The van der Waals surface area contributed by atoms with Crippen LogP contribution in [0.25, 0.3) is 78.0 Å². The Morgan fingerprint density at radius 3 is 2.12 bits per heavy atom. The topological polar surface area (TPSA) is 34.3 Å². The summed E-state index contributed by atoms with van der Waals surface area (Å²) in [5.41, 5.74) is 19.9. The lowest BCUT2D eigenvalue weighted by Crippen LogP contribution is -2.38. The molecular weight excluding hydrogens is 803 g/mol. The quantitative estimate of drug-likeness (QED) is 0.140. The Balaban J connectivity index is 1.24. The zero-order valence-electron chi connectivity index (χ0n) is 38.9. The number of fused-ring (bicyclic) bond motifs is 12. The minimum Gasteiger partial charge on any atom is -0.455 e. The first-order valence-corrected chi connectivity index (χ1v) is 24.1. The van der Waals surface area contributed by atoms with Crippen molar-refractivity contribution in [1.29, 1.82) is 0 Å². The van der Waals surface area contributed by atoms with Crippen LogP contribution in [0.1, 0.15) is 106 Å². The summed E-state index contributed by atoms with van der Waals surface area (Å²) in [6.07, 6.45) is 9.22. The van der Waals surface area contributed by atoms with Gasteiger partial charge in [0.05, 0.1) is 11.8 Å². The molecule has 9 aromatic rings. The lowest BCUT2D eigenvalue weighted by molar-refractivity contribution is -0.542. The van der Waals surface area contributed by atoms with Crippen molar-refractivity contribution in [3.63, 3.8) is 0 Å². The number of allylic oxidation sites excluding steroid dienone is 2. The second kappa shape index (κ2) is 17.1. The first kappa shape index (κ1) is 41.7. The van der Waals surface area contributed by atoms with Crippen molar-refractivity contribution < 1.29 is 8.98 Å². The van der Waals surface area contributed by atoms with Crippen molar-refractivity contribution in [3.8, 4) is 39.3 Å². The van der Waals surface area contributed by atoms with Crippen LogP contribution in [-0.4, -0.2) is 16.3 Å². The predicted molar refractivity (Wildman–Crippen MR) is 277 cm³/mol. The minimum absolute atomic E-state index is 0.0200. The SMILES string of the molecule is C=C1CC2N=C(/C=C\CCC)c3ccccc3C2CCc2ccc3c(oc4cc(-c5ccccc5)ccc43)c2-c2n(-c3c(C(C)C)cc(-c4ccccc4)cc3C(C)C)c3ccccc3[n+]21. The summed E-state index contributed by atoms with van der Waals surface area (Å²) >= 11 is 0. The van der Waals surface area contributed by atoms with Crippen LogP contribution in [0.5, 0.6) is 0 Å². The van der Waals surface area contributed by atoms with E-state index in [1.165, 1.54) is 50.2 Å². The fourth-order valence-electron chi connectivity index (χ4n) is 11.0. The summed E-state index contributed by atoms with van der Waals surface area (Å²) in [4.78, 5) is 5.67. The van der Waals surface area contributed by atoms with Gasteiger partial charge in [-0.25, -0.2) is 0 Å². The summed E-state index contributed by atoms with van der Waals surface area (Å²) in [6, 6.07) is 55.8. The molecule has 2 unspecified atom stereocenters. The van der Waals surface area contributed by atoms with Crippen LogP contribution >= 0.6 is 0 Å². The number of rotatable bonds is 8. The highest BCUT2D eigenvalue weighted by molar-refractivity contribution is 6.12. The number of hydrogen-bond donors (Lipinski definition) is 0. The summed E-state index contributed by atoms with van der Waals surface area (Å²) in [5, 5.41) is 2.24. The molecular formula is C62H58N3O+. The third kappa shape index (κ3) is 7.06. The number of benzene rings is 7. The predicted octanol–water partition coefficient (Wildman–Crippen LogP) is 16.2. The molecule has 2 aromatic heterocycles. The highest BCUT2D eigenvalue weighted by Crippen LogP contribution is 2.47. The van der Waals surface area contributed by atoms with E-state index in [1.807, 2.05) is 0 Å². The molecule has 4 heteroatoms. The molecule has 0 fully saturated rings. The second-order valence-electron chi connectivity index (χ2n) is 19.1. The van der Waals surface area contributed by atoms with Crippen LogP contribution in [0.15, 0.2) is 180 Å². The Labute approximate surface area is 389 Å². The van der Waals surface area contributed by atoms with Crippen molar-refractivity contribution in [2.45, 2.75) is 90.5 Å². The maximum Gasteiger partial charge on any atom is 0.304 e. The van der Waals surface area contributed by atoms with Crippen molar-refractivity contribution >= 4 is 44.4 Å². The molecule has 0 radical (unpaired) electrons. The molecule has 0 N–H and O–H groups in total. The van der Waals surface area contributed by atoms with Crippen LogP contribution in [0.2, 0.25) is 0 Å². The van der Waals surface area contributed by atoms with Gasteiger partial charge in [-0.05, 0) is 107 Å². The fraction of sp³-hybridized carbons (Fsp3) is 0.226. The molecule has 0 amide bonds. The van der Waals surface area contributed by atoms with Crippen LogP contribution in [0.4, 0.5) is 0 Å². The molecule has 7 aromatic carbocycles. The number of para-hydroxylation sites is 2. The van der Waals surface area contributed by atoms with E-state index in [4.69, 9.17) is 16.0 Å². The molecule has 4 nitrogen and oxygen atoms in total. The van der Waals surface area contributed by atoms with E-state index in [0.29, 0.717) is 6.42 Å². The number of aliphatic imine (C=N–C) groups is 1. The third-order valence-corrected chi connectivity index (χ3v) is 14.2. The van der Waals surface area contributed by atoms with Crippen molar-refractivity contribution in [2.75, 3.05) is 0 Å². The van der Waals surface area contributed by atoms with E-state index in [9.17, 15) is 0 Å². The molecule has 66 heavy (non-hydrogen) atoms. The zero-order valence-corrected chi connectivity index (χ0v) is 38.9. The van der Waals surface area contributed by atoms with E-state index in [0.717, 1.165) is 87.0 Å². The normalized spacial score (nSPS) is 16.2. The van der Waals surface area contributed by atoms with Gasteiger partial charge in [-0.15, -0.1) is 0 Å². The molecule has 0 spiro atoms. The molecule has 2 aliphatic rings. The second-order valence-corrected chi connectivity index (χ2v) is 19.1. The highest BCUT2D eigenvalue weighted by atomic mass is 16.3. The van der Waals surface area contributed by atoms with Gasteiger partial charge in [0.2, 0.25) is 0 Å². The smallest absolute Gasteiger partial charge is 0.304 e. The van der Waals surface area contributed by atoms with Crippen LogP contribution in [0.3, 0.4) is 0 Å². The molecule has 326 valence electrons. The lowest BCUT2D eigenvalue weighted by atomic mass is 9.78. The number of aromatic nitrogens is 2. The number of aryl methyl sites for hydroxylation is 1. The largest absolute Gasteiger partial charge is 0.455 e. The van der Waals surface area contributed by atoms with Gasteiger partial charge in [0, 0.05) is 39.8 Å². The molecule has 0 aliphatic carbocycles. The first-order chi connectivity index (χ1) is 32.3. The van der Waals surface area contributed by atoms with Gasteiger partial charge in [0.15, 0.2) is 16.6 Å². The monoisotopic (exact) mass is 860 g/mol. The number of hydrogen-bond acceptors (Lipinski definition) is 2. The Hall–Kier alpha value is -7.04. The minimum atomic E-state index is 0.0200. The van der Waals surface area contributed by atoms with Gasteiger partial charge < -0.3 is 4.42 Å². The Kier molecular flexibility index (Phi) is 10.8.